The van der Waals surface area contributed by atoms with Crippen LogP contribution in [0, 0.1) is 0 Å². The molecule has 0 bridgehead atoms. The minimum atomic E-state index is -4.40. The lowest BCUT2D eigenvalue weighted by Crippen LogP contribution is -3.11. The van der Waals surface area contributed by atoms with E-state index < -0.39 is 11.7 Å². The monoisotopic (exact) mass is 383 g/mol. The lowest BCUT2D eigenvalue weighted by molar-refractivity contribution is -0.920. The number of likely N-dealkylation sites (tertiary alicyclic amines) is 1. The van der Waals surface area contributed by atoms with Gasteiger partial charge in [-0.05, 0) is 42.6 Å². The molecule has 1 aromatic carbocycles. The first-order valence-electron chi connectivity index (χ1n) is 8.72. The second-order valence-corrected chi connectivity index (χ2v) is 7.67. The standard InChI is InChI=1S/C19H21F3N2OS/c1-13(17(16-5-4-12-26-16)24-10-2-3-11-24)23-18(25)14-6-8-15(9-7-14)19(20,21)22/h4-9,12-13,17H,2-3,10-11H2,1H3,(H,23,25)/p+1/t13-,17-/m0/s1. The van der Waals surface area contributed by atoms with E-state index in [1.807, 2.05) is 18.4 Å². The molecule has 1 aliphatic rings. The molecule has 1 saturated heterocycles. The van der Waals surface area contributed by atoms with Crippen LogP contribution in [-0.4, -0.2) is 25.0 Å². The Hall–Kier alpha value is -1.86. The number of nitrogens with one attached hydrogen (secondary N) is 2. The maximum Gasteiger partial charge on any atom is 0.416 e. The molecule has 7 heteroatoms. The van der Waals surface area contributed by atoms with Crippen LogP contribution in [0.5, 0.6) is 0 Å². The maximum absolute atomic E-state index is 12.7. The highest BCUT2D eigenvalue weighted by molar-refractivity contribution is 7.10. The first-order valence-corrected chi connectivity index (χ1v) is 9.60. The number of quaternary nitrogens is 1. The molecular formula is C19H22F3N2OS+. The molecule has 2 aromatic rings. The Kier molecular flexibility index (Phi) is 5.67. The molecule has 1 aromatic heterocycles. The number of benzene rings is 1. The molecule has 1 amide bonds. The maximum atomic E-state index is 12.7. The summed E-state index contributed by atoms with van der Waals surface area (Å²) >= 11 is 1.68. The molecule has 2 heterocycles. The van der Waals surface area contributed by atoms with Crippen molar-refractivity contribution in [2.24, 2.45) is 0 Å². The van der Waals surface area contributed by atoms with Gasteiger partial charge in [-0.25, -0.2) is 0 Å². The summed E-state index contributed by atoms with van der Waals surface area (Å²) in [5, 5.41) is 5.02. The highest BCUT2D eigenvalue weighted by atomic mass is 32.1. The highest BCUT2D eigenvalue weighted by Gasteiger charge is 2.34. The van der Waals surface area contributed by atoms with Crippen molar-refractivity contribution in [1.29, 1.82) is 0 Å². The summed E-state index contributed by atoms with van der Waals surface area (Å²) in [6, 6.07) is 8.49. The molecule has 1 aliphatic heterocycles. The van der Waals surface area contributed by atoms with Gasteiger partial charge in [-0.15, -0.1) is 11.3 Å². The molecule has 0 saturated carbocycles. The van der Waals surface area contributed by atoms with E-state index in [9.17, 15) is 18.0 Å². The van der Waals surface area contributed by atoms with Crippen LogP contribution in [0.15, 0.2) is 41.8 Å². The van der Waals surface area contributed by atoms with Crippen LogP contribution in [-0.2, 0) is 6.18 Å². The molecule has 0 spiro atoms. The number of carbonyl (C=O) groups is 1. The first kappa shape index (κ1) is 18.9. The third kappa shape index (κ3) is 4.27. The smallest absolute Gasteiger partial charge is 0.343 e. The van der Waals surface area contributed by atoms with E-state index in [1.54, 1.807) is 11.3 Å². The van der Waals surface area contributed by atoms with Gasteiger partial charge in [0.1, 0.15) is 6.04 Å². The number of rotatable bonds is 5. The minimum absolute atomic E-state index is 0.114. The van der Waals surface area contributed by atoms with Gasteiger partial charge in [0, 0.05) is 18.4 Å². The average Bonchev–Trinajstić information content (AvgIpc) is 3.29. The summed E-state index contributed by atoms with van der Waals surface area (Å²) in [5.41, 5.74) is -0.508. The largest absolute Gasteiger partial charge is 0.416 e. The Labute approximate surface area is 154 Å². The van der Waals surface area contributed by atoms with Crippen LogP contribution in [0.3, 0.4) is 0 Å². The van der Waals surface area contributed by atoms with Crippen molar-refractivity contribution in [3.05, 3.63) is 57.8 Å². The van der Waals surface area contributed by atoms with Gasteiger partial charge >= 0.3 is 6.18 Å². The van der Waals surface area contributed by atoms with Crippen LogP contribution in [0.25, 0.3) is 0 Å². The fourth-order valence-corrected chi connectivity index (χ4v) is 4.58. The van der Waals surface area contributed by atoms with E-state index in [1.165, 1.54) is 34.8 Å². The van der Waals surface area contributed by atoms with Gasteiger partial charge in [-0.2, -0.15) is 13.2 Å². The lowest BCUT2D eigenvalue weighted by Gasteiger charge is -2.29. The van der Waals surface area contributed by atoms with Crippen LogP contribution in [0.4, 0.5) is 13.2 Å². The zero-order chi connectivity index (χ0) is 18.7. The average molecular weight is 383 g/mol. The zero-order valence-corrected chi connectivity index (χ0v) is 15.3. The predicted octanol–water partition coefficient (Wildman–Crippen LogP) is 3.31. The third-order valence-electron chi connectivity index (χ3n) is 4.87. The number of hydrogen-bond acceptors (Lipinski definition) is 2. The molecule has 140 valence electrons. The van der Waals surface area contributed by atoms with Gasteiger partial charge in [0.2, 0.25) is 0 Å². The third-order valence-corrected chi connectivity index (χ3v) is 5.82. The van der Waals surface area contributed by atoms with Gasteiger partial charge < -0.3 is 10.2 Å². The van der Waals surface area contributed by atoms with Crippen molar-refractivity contribution in [1.82, 2.24) is 5.32 Å². The van der Waals surface area contributed by atoms with Crippen molar-refractivity contribution in [3.63, 3.8) is 0 Å². The first-order chi connectivity index (χ1) is 12.4. The number of thiophene rings is 1. The van der Waals surface area contributed by atoms with Crippen molar-refractivity contribution in [3.8, 4) is 0 Å². The fourth-order valence-electron chi connectivity index (χ4n) is 3.59. The summed E-state index contributed by atoms with van der Waals surface area (Å²) in [4.78, 5) is 15.2. The summed E-state index contributed by atoms with van der Waals surface area (Å²) in [5.74, 6) is -0.341. The Balaban J connectivity index is 1.72. The van der Waals surface area contributed by atoms with E-state index in [0.29, 0.717) is 0 Å². The Bertz CT molecular complexity index is 722. The predicted molar refractivity (Wildman–Crippen MR) is 95.4 cm³/mol. The number of amides is 1. The van der Waals surface area contributed by atoms with E-state index in [2.05, 4.69) is 11.4 Å². The Morgan fingerprint density at radius 3 is 2.35 bits per heavy atom. The van der Waals surface area contributed by atoms with Crippen LogP contribution in [0.2, 0.25) is 0 Å². The van der Waals surface area contributed by atoms with Crippen molar-refractivity contribution >= 4 is 17.2 Å². The topological polar surface area (TPSA) is 33.5 Å². The Morgan fingerprint density at radius 1 is 1.15 bits per heavy atom. The summed E-state index contributed by atoms with van der Waals surface area (Å²) in [6.07, 6.45) is -2.04. The molecule has 26 heavy (non-hydrogen) atoms. The number of hydrogen-bond donors (Lipinski definition) is 2. The van der Waals surface area contributed by atoms with Crippen molar-refractivity contribution in [2.75, 3.05) is 13.1 Å². The number of alkyl halides is 3. The SMILES string of the molecule is C[C@H](NC(=O)c1ccc(C(F)(F)F)cc1)[C@@H](c1cccs1)[NH+]1CCCC1. The summed E-state index contributed by atoms with van der Waals surface area (Å²) in [6.45, 7) is 4.11. The fraction of sp³-hybridized carbons (Fsp3) is 0.421. The molecule has 0 unspecified atom stereocenters. The molecule has 3 nitrogen and oxygen atoms in total. The van der Waals surface area contributed by atoms with Gasteiger partial charge in [0.15, 0.2) is 0 Å². The van der Waals surface area contributed by atoms with Crippen molar-refractivity contribution in [2.45, 2.75) is 38.0 Å². The molecule has 0 aliphatic carbocycles. The Morgan fingerprint density at radius 2 is 1.81 bits per heavy atom. The summed E-state index contributed by atoms with van der Waals surface area (Å²) < 4.78 is 38.0. The molecule has 3 rings (SSSR count). The van der Waals surface area contributed by atoms with E-state index >= 15 is 0 Å². The van der Waals surface area contributed by atoms with Gasteiger partial charge in [-0.1, -0.05) is 6.07 Å². The van der Waals surface area contributed by atoms with Crippen LogP contribution in [0.1, 0.15) is 46.6 Å². The van der Waals surface area contributed by atoms with Crippen LogP contribution >= 0.6 is 11.3 Å². The second-order valence-electron chi connectivity index (χ2n) is 6.70. The molecule has 2 atom stereocenters. The molecule has 1 fully saturated rings. The lowest BCUT2D eigenvalue weighted by atomic mass is 10.1. The molecule has 2 N–H and O–H groups in total. The second kappa shape index (κ2) is 7.80. The van der Waals surface area contributed by atoms with Crippen molar-refractivity contribution < 1.29 is 22.9 Å². The quantitative estimate of drug-likeness (QED) is 0.816. The van der Waals surface area contributed by atoms with Crippen LogP contribution < -0.4 is 10.2 Å². The minimum Gasteiger partial charge on any atom is -0.343 e. The van der Waals surface area contributed by atoms with E-state index in [-0.39, 0.29) is 23.6 Å². The zero-order valence-electron chi connectivity index (χ0n) is 14.5. The van der Waals surface area contributed by atoms with E-state index in [0.717, 1.165) is 25.2 Å². The van der Waals surface area contributed by atoms with Gasteiger partial charge in [-0.3, -0.25) is 4.79 Å². The molecule has 0 radical (unpaired) electrons. The normalized spacial score (nSPS) is 17.8. The summed E-state index contributed by atoms with van der Waals surface area (Å²) in [7, 11) is 0. The highest BCUT2D eigenvalue weighted by Crippen LogP contribution is 2.29. The van der Waals surface area contributed by atoms with Gasteiger partial charge in [0.05, 0.1) is 29.6 Å². The number of halogens is 3. The number of carbonyl (C=O) groups excluding carboxylic acids is 1. The molecular weight excluding hydrogens is 361 g/mol. The van der Waals surface area contributed by atoms with Gasteiger partial charge in [0.25, 0.3) is 5.91 Å². The van der Waals surface area contributed by atoms with E-state index in [4.69, 9.17) is 0 Å².